The Morgan fingerprint density at radius 2 is 1.92 bits per heavy atom. The molecule has 0 aromatic carbocycles. The number of thioether (sulfide) groups is 1. The second-order valence-electron chi connectivity index (χ2n) is 4.24. The molecule has 2 rings (SSSR count). The second kappa shape index (κ2) is 4.07. The third-order valence-corrected chi connectivity index (χ3v) is 6.23. The van der Waals surface area contributed by atoms with Gasteiger partial charge in [0, 0.05) is 4.43 Å². The zero-order valence-electron chi connectivity index (χ0n) is 7.52. The summed E-state index contributed by atoms with van der Waals surface area (Å²) < 4.78 is 1.41. The van der Waals surface area contributed by atoms with Crippen molar-refractivity contribution in [3.63, 3.8) is 0 Å². The van der Waals surface area contributed by atoms with E-state index >= 15 is 0 Å². The van der Waals surface area contributed by atoms with Crippen molar-refractivity contribution in [2.45, 2.75) is 32.1 Å². The van der Waals surface area contributed by atoms with Gasteiger partial charge in [0.05, 0.1) is 0 Å². The molecule has 0 spiro atoms. The predicted molar refractivity (Wildman–Crippen MR) is 65.2 cm³/mol. The van der Waals surface area contributed by atoms with E-state index in [1.807, 2.05) is 0 Å². The molecule has 0 radical (unpaired) electrons. The monoisotopic (exact) mass is 296 g/mol. The quantitative estimate of drug-likeness (QED) is 0.552. The number of hydrogen-bond donors (Lipinski definition) is 0. The maximum atomic E-state index is 2.62. The molecule has 0 atom stereocenters. The first-order chi connectivity index (χ1) is 5.87. The van der Waals surface area contributed by atoms with Crippen LogP contribution in [0, 0.1) is 11.3 Å². The number of halogens is 1. The van der Waals surface area contributed by atoms with Gasteiger partial charge in [-0.15, -0.1) is 0 Å². The Kier molecular flexibility index (Phi) is 3.27. The average molecular weight is 296 g/mol. The summed E-state index contributed by atoms with van der Waals surface area (Å²) in [6.07, 6.45) is 7.59. The van der Waals surface area contributed by atoms with E-state index in [2.05, 4.69) is 34.4 Å². The smallest absolute Gasteiger partial charge is 0.00552 e. The summed E-state index contributed by atoms with van der Waals surface area (Å²) in [5.74, 6) is 3.97. The zero-order valence-corrected chi connectivity index (χ0v) is 10.5. The van der Waals surface area contributed by atoms with Crippen LogP contribution in [-0.2, 0) is 0 Å². The zero-order chi connectivity index (χ0) is 8.44. The van der Waals surface area contributed by atoms with Gasteiger partial charge in [-0.1, -0.05) is 29.0 Å². The van der Waals surface area contributed by atoms with E-state index in [0.29, 0.717) is 0 Å². The fourth-order valence-corrected chi connectivity index (χ4v) is 5.14. The first-order valence-electron chi connectivity index (χ1n) is 5.01. The number of hydrogen-bond acceptors (Lipinski definition) is 1. The molecule has 1 heterocycles. The van der Waals surface area contributed by atoms with Crippen LogP contribution in [0.3, 0.4) is 0 Å². The Hall–Kier alpha value is 1.08. The summed E-state index contributed by atoms with van der Waals surface area (Å²) in [6, 6.07) is 0. The van der Waals surface area contributed by atoms with Crippen molar-refractivity contribution in [3.8, 4) is 0 Å². The highest BCUT2D eigenvalue weighted by atomic mass is 127. The highest BCUT2D eigenvalue weighted by Crippen LogP contribution is 2.50. The van der Waals surface area contributed by atoms with Gasteiger partial charge in [0.25, 0.3) is 0 Å². The molecule has 0 unspecified atom stereocenters. The minimum absolute atomic E-state index is 0.782. The summed E-state index contributed by atoms with van der Waals surface area (Å²) in [5, 5.41) is 0. The van der Waals surface area contributed by atoms with Gasteiger partial charge in [-0.25, -0.2) is 0 Å². The van der Waals surface area contributed by atoms with Gasteiger partial charge < -0.3 is 0 Å². The minimum Gasteiger partial charge on any atom is -0.162 e. The second-order valence-corrected chi connectivity index (χ2v) is 6.22. The van der Waals surface area contributed by atoms with Crippen LogP contribution in [0.15, 0.2) is 0 Å². The molecule has 12 heavy (non-hydrogen) atoms. The molecular weight excluding hydrogens is 279 g/mol. The Labute approximate surface area is 93.4 Å². The molecule has 0 amide bonds. The maximum Gasteiger partial charge on any atom is 0.00552 e. The third-order valence-electron chi connectivity index (χ3n) is 3.73. The normalized spacial score (nSPS) is 29.8. The molecule has 1 saturated carbocycles. The fraction of sp³-hybridized carbons (Fsp3) is 1.00. The number of rotatable bonds is 2. The standard InChI is InChI=1S/C10H17IS/c11-8-10(9-2-1-3-9)4-6-12-7-5-10/h9H,1-8H2. The first-order valence-corrected chi connectivity index (χ1v) is 7.69. The molecule has 2 heteroatoms. The molecule has 2 aliphatic rings. The van der Waals surface area contributed by atoms with Crippen LogP contribution >= 0.6 is 34.4 Å². The number of alkyl halides is 1. The van der Waals surface area contributed by atoms with Gasteiger partial charge in [0.15, 0.2) is 0 Å². The van der Waals surface area contributed by atoms with Gasteiger partial charge in [-0.2, -0.15) is 11.8 Å². The highest BCUT2D eigenvalue weighted by Gasteiger charge is 2.41. The van der Waals surface area contributed by atoms with Crippen LogP contribution in [0.1, 0.15) is 32.1 Å². The lowest BCUT2D eigenvalue weighted by Crippen LogP contribution is -2.39. The third kappa shape index (κ3) is 1.66. The molecule has 0 aromatic rings. The van der Waals surface area contributed by atoms with Crippen molar-refractivity contribution in [2.75, 3.05) is 15.9 Å². The molecule has 0 nitrogen and oxygen atoms in total. The Morgan fingerprint density at radius 3 is 2.33 bits per heavy atom. The van der Waals surface area contributed by atoms with Gasteiger partial charge in [0.1, 0.15) is 0 Å². The van der Waals surface area contributed by atoms with E-state index < -0.39 is 0 Å². The molecule has 0 N–H and O–H groups in total. The molecule has 0 bridgehead atoms. The maximum absolute atomic E-state index is 2.62. The average Bonchev–Trinajstić information content (AvgIpc) is 2.03. The molecule has 1 saturated heterocycles. The summed E-state index contributed by atoms with van der Waals surface area (Å²) in [6.45, 7) is 0. The highest BCUT2D eigenvalue weighted by molar-refractivity contribution is 14.1. The van der Waals surface area contributed by atoms with Crippen molar-refractivity contribution in [1.29, 1.82) is 0 Å². The van der Waals surface area contributed by atoms with Crippen molar-refractivity contribution in [1.82, 2.24) is 0 Å². The first kappa shape index (κ1) is 9.63. The van der Waals surface area contributed by atoms with Crippen LogP contribution in [-0.4, -0.2) is 15.9 Å². The van der Waals surface area contributed by atoms with E-state index in [0.717, 1.165) is 11.3 Å². The molecule has 1 aliphatic carbocycles. The lowest BCUT2D eigenvalue weighted by molar-refractivity contribution is 0.0997. The van der Waals surface area contributed by atoms with Crippen LogP contribution in [0.4, 0.5) is 0 Å². The summed E-state index contributed by atoms with van der Waals surface area (Å²) >= 11 is 4.78. The van der Waals surface area contributed by atoms with E-state index in [1.165, 1.54) is 48.0 Å². The Bertz CT molecular complexity index is 148. The minimum atomic E-state index is 0.782. The lowest BCUT2D eigenvalue weighted by atomic mass is 9.63. The van der Waals surface area contributed by atoms with Crippen LogP contribution in [0.2, 0.25) is 0 Å². The predicted octanol–water partition coefficient (Wildman–Crippen LogP) is 3.73. The van der Waals surface area contributed by atoms with Crippen LogP contribution in [0.25, 0.3) is 0 Å². The molecular formula is C10H17IS. The van der Waals surface area contributed by atoms with E-state index in [9.17, 15) is 0 Å². The summed E-state index contributed by atoms with van der Waals surface area (Å²) in [7, 11) is 0. The van der Waals surface area contributed by atoms with Crippen molar-refractivity contribution in [3.05, 3.63) is 0 Å². The SMILES string of the molecule is ICC1(C2CCC2)CCSCC1. The van der Waals surface area contributed by atoms with E-state index in [4.69, 9.17) is 0 Å². The van der Waals surface area contributed by atoms with Gasteiger partial charge >= 0.3 is 0 Å². The molecule has 2 fully saturated rings. The largest absolute Gasteiger partial charge is 0.162 e. The van der Waals surface area contributed by atoms with Crippen molar-refractivity contribution < 1.29 is 0 Å². The van der Waals surface area contributed by atoms with Crippen LogP contribution < -0.4 is 0 Å². The van der Waals surface area contributed by atoms with Crippen molar-refractivity contribution in [2.24, 2.45) is 11.3 Å². The summed E-state index contributed by atoms with van der Waals surface area (Å²) in [4.78, 5) is 0. The lowest BCUT2D eigenvalue weighted by Gasteiger charge is -2.47. The van der Waals surface area contributed by atoms with Gasteiger partial charge in [-0.3, -0.25) is 0 Å². The molecule has 1 aliphatic heterocycles. The molecule has 0 aromatic heterocycles. The Morgan fingerprint density at radius 1 is 1.25 bits per heavy atom. The van der Waals surface area contributed by atoms with E-state index in [1.54, 1.807) is 0 Å². The molecule has 70 valence electrons. The van der Waals surface area contributed by atoms with Gasteiger partial charge in [0.2, 0.25) is 0 Å². The summed E-state index contributed by atoms with van der Waals surface area (Å²) in [5.41, 5.74) is 0.782. The topological polar surface area (TPSA) is 0 Å². The van der Waals surface area contributed by atoms with Gasteiger partial charge in [-0.05, 0) is 48.5 Å². The van der Waals surface area contributed by atoms with Crippen LogP contribution in [0.5, 0.6) is 0 Å². The van der Waals surface area contributed by atoms with Crippen molar-refractivity contribution >= 4 is 34.4 Å². The fourth-order valence-electron chi connectivity index (χ4n) is 2.45. The Balaban J connectivity index is 2.00. The van der Waals surface area contributed by atoms with E-state index in [-0.39, 0.29) is 0 Å².